The number of phenolic OH excluding ortho intramolecular Hbond substituents is 1. The Bertz CT molecular complexity index is 1570. The lowest BCUT2D eigenvalue weighted by atomic mass is 9.96. The highest BCUT2D eigenvalue weighted by atomic mass is 35.5. The predicted octanol–water partition coefficient (Wildman–Crippen LogP) is 6.53. The normalized spacial score (nSPS) is 14.6. The first kappa shape index (κ1) is 25.3. The number of aromatic nitrogens is 2. The number of rotatable bonds is 6. The topological polar surface area (TPSA) is 95.4 Å². The first-order chi connectivity index (χ1) is 17.7. The molecule has 1 aliphatic carbocycles. The second-order valence-electron chi connectivity index (χ2n) is 9.51. The average molecular weight is 537 g/mol. The summed E-state index contributed by atoms with van der Waals surface area (Å²) < 4.78 is 27.5. The molecule has 0 spiro atoms. The summed E-state index contributed by atoms with van der Waals surface area (Å²) in [5, 5.41) is 15.1. The highest BCUT2D eigenvalue weighted by molar-refractivity contribution is 7.93. The highest BCUT2D eigenvalue weighted by Gasteiger charge is 2.24. The van der Waals surface area contributed by atoms with Crippen molar-refractivity contribution in [2.75, 3.05) is 16.7 Å². The van der Waals surface area contributed by atoms with Crippen LogP contribution in [0.5, 0.6) is 5.75 Å². The molecule has 0 saturated heterocycles. The molecule has 1 saturated carbocycles. The Hall–Kier alpha value is -3.36. The van der Waals surface area contributed by atoms with Gasteiger partial charge in [-0.15, -0.1) is 0 Å². The quantitative estimate of drug-likeness (QED) is 0.291. The van der Waals surface area contributed by atoms with Crippen molar-refractivity contribution in [1.29, 1.82) is 0 Å². The van der Waals surface area contributed by atoms with Crippen molar-refractivity contribution in [3.63, 3.8) is 0 Å². The molecule has 3 aromatic carbocycles. The maximum atomic E-state index is 13.2. The number of anilines is 2. The van der Waals surface area contributed by atoms with E-state index in [1.165, 1.54) is 36.7 Å². The minimum absolute atomic E-state index is 0.0534. The Labute approximate surface area is 222 Å². The lowest BCUT2D eigenvalue weighted by Crippen LogP contribution is -2.26. The molecule has 1 heterocycles. The predicted molar refractivity (Wildman–Crippen MR) is 149 cm³/mol. The van der Waals surface area contributed by atoms with Gasteiger partial charge in [0.25, 0.3) is 10.0 Å². The van der Waals surface area contributed by atoms with Crippen molar-refractivity contribution in [3.8, 4) is 16.9 Å². The zero-order valence-electron chi connectivity index (χ0n) is 20.8. The third kappa shape index (κ3) is 5.08. The molecule has 2 N–H and O–H groups in total. The van der Waals surface area contributed by atoms with Gasteiger partial charge in [-0.2, -0.15) is 0 Å². The maximum absolute atomic E-state index is 13.2. The molecule has 0 radical (unpaired) electrons. The molecule has 5 rings (SSSR count). The molecule has 0 aliphatic heterocycles. The van der Waals surface area contributed by atoms with Crippen molar-refractivity contribution in [3.05, 3.63) is 71.4 Å². The Balaban J connectivity index is 1.43. The van der Waals surface area contributed by atoms with Crippen molar-refractivity contribution in [2.24, 2.45) is 0 Å². The van der Waals surface area contributed by atoms with Crippen LogP contribution < -0.4 is 9.62 Å². The van der Waals surface area contributed by atoms with Crippen molar-refractivity contribution >= 4 is 44.2 Å². The second kappa shape index (κ2) is 10.2. The summed E-state index contributed by atoms with van der Waals surface area (Å²) in [6.45, 7) is 1.91. The van der Waals surface area contributed by atoms with Gasteiger partial charge in [0, 0.05) is 24.7 Å². The van der Waals surface area contributed by atoms with Gasteiger partial charge in [0.1, 0.15) is 16.2 Å². The molecule has 1 fully saturated rings. The van der Waals surface area contributed by atoms with Gasteiger partial charge in [0.05, 0.1) is 10.7 Å². The molecule has 7 nitrogen and oxygen atoms in total. The number of hydrogen-bond acceptors (Lipinski definition) is 6. The molecule has 192 valence electrons. The van der Waals surface area contributed by atoms with Crippen LogP contribution in [-0.2, 0) is 10.0 Å². The van der Waals surface area contributed by atoms with E-state index in [2.05, 4.69) is 15.3 Å². The lowest BCUT2D eigenvalue weighted by Gasteiger charge is -2.22. The summed E-state index contributed by atoms with van der Waals surface area (Å²) in [6, 6.07) is 15.8. The van der Waals surface area contributed by atoms with E-state index in [1.807, 2.05) is 19.1 Å². The van der Waals surface area contributed by atoms with E-state index < -0.39 is 10.0 Å². The first-order valence-electron chi connectivity index (χ1n) is 12.3. The molecule has 37 heavy (non-hydrogen) atoms. The van der Waals surface area contributed by atoms with Gasteiger partial charge < -0.3 is 10.4 Å². The molecule has 1 aromatic heterocycles. The zero-order chi connectivity index (χ0) is 26.2. The number of sulfonamides is 1. The lowest BCUT2D eigenvalue weighted by molar-refractivity contribution is 0.460. The molecule has 1 aliphatic rings. The van der Waals surface area contributed by atoms with Crippen LogP contribution in [-0.4, -0.2) is 36.6 Å². The molecule has 0 amide bonds. The summed E-state index contributed by atoms with van der Waals surface area (Å²) >= 11 is 6.15. The monoisotopic (exact) mass is 536 g/mol. The SMILES string of the molecule is Cc1cc(N(C)S(=O)(=O)c2ccccc2Cl)ccc1-c1cc(O)c2nc(NC3CCCCC3)ncc2c1. The van der Waals surface area contributed by atoms with Crippen LogP contribution >= 0.6 is 11.6 Å². The largest absolute Gasteiger partial charge is 0.506 e. The van der Waals surface area contributed by atoms with Gasteiger partial charge in [-0.25, -0.2) is 18.4 Å². The van der Waals surface area contributed by atoms with Crippen molar-refractivity contribution in [2.45, 2.75) is 50.0 Å². The Morgan fingerprint density at radius 3 is 2.54 bits per heavy atom. The molecule has 0 unspecified atom stereocenters. The number of aromatic hydroxyl groups is 1. The smallest absolute Gasteiger partial charge is 0.265 e. The molecular formula is C28H29ClN4O3S. The average Bonchev–Trinajstić information content (AvgIpc) is 2.89. The number of benzene rings is 3. The van der Waals surface area contributed by atoms with E-state index >= 15 is 0 Å². The van der Waals surface area contributed by atoms with E-state index in [0.29, 0.717) is 23.2 Å². The first-order valence-corrected chi connectivity index (χ1v) is 14.2. The fourth-order valence-corrected chi connectivity index (χ4v) is 6.57. The molecule has 0 atom stereocenters. The number of nitrogens with one attached hydrogen (secondary N) is 1. The molecule has 0 bridgehead atoms. The summed E-state index contributed by atoms with van der Waals surface area (Å²) in [4.78, 5) is 9.11. The summed E-state index contributed by atoms with van der Waals surface area (Å²) in [5.41, 5.74) is 3.52. The highest BCUT2D eigenvalue weighted by Crippen LogP contribution is 2.35. The minimum Gasteiger partial charge on any atom is -0.506 e. The Morgan fingerprint density at radius 1 is 1.05 bits per heavy atom. The van der Waals surface area contributed by atoms with Crippen LogP contribution in [0.2, 0.25) is 5.02 Å². The Morgan fingerprint density at radius 2 is 1.81 bits per heavy atom. The third-order valence-corrected chi connectivity index (χ3v) is 9.25. The molecular weight excluding hydrogens is 508 g/mol. The van der Waals surface area contributed by atoms with E-state index in [-0.39, 0.29) is 15.7 Å². The van der Waals surface area contributed by atoms with E-state index in [0.717, 1.165) is 34.9 Å². The van der Waals surface area contributed by atoms with Gasteiger partial charge >= 0.3 is 0 Å². The van der Waals surface area contributed by atoms with E-state index in [1.54, 1.807) is 42.6 Å². The van der Waals surface area contributed by atoms with Crippen LogP contribution in [0.1, 0.15) is 37.7 Å². The Kier molecular flexibility index (Phi) is 6.96. The van der Waals surface area contributed by atoms with Crippen LogP contribution in [0, 0.1) is 6.92 Å². The number of nitrogens with zero attached hydrogens (tertiary/aromatic N) is 3. The maximum Gasteiger partial charge on any atom is 0.265 e. The summed E-state index contributed by atoms with van der Waals surface area (Å²) in [7, 11) is -2.32. The van der Waals surface area contributed by atoms with Gasteiger partial charge in [0.2, 0.25) is 5.95 Å². The van der Waals surface area contributed by atoms with Gasteiger partial charge in [-0.1, -0.05) is 49.1 Å². The van der Waals surface area contributed by atoms with Crippen molar-refractivity contribution in [1.82, 2.24) is 9.97 Å². The van der Waals surface area contributed by atoms with E-state index in [4.69, 9.17) is 11.6 Å². The van der Waals surface area contributed by atoms with Crippen LogP contribution in [0.15, 0.2) is 65.7 Å². The van der Waals surface area contributed by atoms with Gasteiger partial charge in [0.15, 0.2) is 0 Å². The van der Waals surface area contributed by atoms with Crippen LogP contribution in [0.25, 0.3) is 22.0 Å². The van der Waals surface area contributed by atoms with Crippen LogP contribution in [0.3, 0.4) is 0 Å². The van der Waals surface area contributed by atoms with Crippen LogP contribution in [0.4, 0.5) is 11.6 Å². The number of hydrogen-bond donors (Lipinski definition) is 2. The summed E-state index contributed by atoms with van der Waals surface area (Å²) in [6.07, 6.45) is 7.63. The van der Waals surface area contributed by atoms with Crippen molar-refractivity contribution < 1.29 is 13.5 Å². The number of phenols is 1. The van der Waals surface area contributed by atoms with Gasteiger partial charge in [-0.3, -0.25) is 4.31 Å². The fraction of sp³-hybridized carbons (Fsp3) is 0.286. The summed E-state index contributed by atoms with van der Waals surface area (Å²) in [5.74, 6) is 0.606. The molecule has 9 heteroatoms. The number of aryl methyl sites for hydroxylation is 1. The number of halogens is 1. The third-order valence-electron chi connectivity index (χ3n) is 6.96. The second-order valence-corrected chi connectivity index (χ2v) is 11.9. The zero-order valence-corrected chi connectivity index (χ0v) is 22.4. The van der Waals surface area contributed by atoms with Gasteiger partial charge in [-0.05, 0) is 72.9 Å². The molecule has 4 aromatic rings. The minimum atomic E-state index is -3.83. The standard InChI is InChI=1S/C28H29ClN4O3S/c1-18-14-22(33(2)37(35,36)26-11-7-6-10-24(26)29)12-13-23(18)19-15-20-17-30-28(32-27(20)25(34)16-19)31-21-8-4-3-5-9-21/h6-7,10-17,21,34H,3-5,8-9H2,1-2H3,(H,30,31,32). The fourth-order valence-electron chi connectivity index (χ4n) is 4.89. The van der Waals surface area contributed by atoms with E-state index in [9.17, 15) is 13.5 Å². The number of fused-ring (bicyclic) bond motifs is 1.